The lowest BCUT2D eigenvalue weighted by molar-refractivity contribution is -0.118. The summed E-state index contributed by atoms with van der Waals surface area (Å²) in [5, 5.41) is 7.54. The van der Waals surface area contributed by atoms with Gasteiger partial charge in [0.15, 0.2) is 0 Å². The van der Waals surface area contributed by atoms with Crippen LogP contribution in [0, 0.1) is 6.92 Å². The quantitative estimate of drug-likeness (QED) is 0.793. The number of methoxy groups -OCH3 is 1. The second-order valence-electron chi connectivity index (χ2n) is 4.42. The Hall–Kier alpha value is -2.17. The van der Waals surface area contributed by atoms with E-state index in [0.717, 1.165) is 16.9 Å². The van der Waals surface area contributed by atoms with Crippen molar-refractivity contribution in [2.45, 2.75) is 26.3 Å². The molecule has 0 fully saturated rings. The summed E-state index contributed by atoms with van der Waals surface area (Å²) < 4.78 is 6.81. The molecule has 0 saturated heterocycles. The number of aromatic nitrogens is 3. The molecule has 1 aromatic heterocycles. The summed E-state index contributed by atoms with van der Waals surface area (Å²) >= 11 is 0. The van der Waals surface area contributed by atoms with Crippen molar-refractivity contribution in [2.24, 2.45) is 0 Å². The van der Waals surface area contributed by atoms with Crippen LogP contribution in [0.3, 0.4) is 0 Å². The van der Waals surface area contributed by atoms with Crippen LogP contribution in [0.25, 0.3) is 0 Å². The van der Waals surface area contributed by atoms with E-state index < -0.39 is 0 Å². The van der Waals surface area contributed by atoms with Gasteiger partial charge in [-0.05, 0) is 30.2 Å². The Labute approximate surface area is 112 Å². The van der Waals surface area contributed by atoms with Crippen molar-refractivity contribution in [1.29, 1.82) is 0 Å². The highest BCUT2D eigenvalue weighted by atomic mass is 16.5. The predicted octanol–water partition coefficient (Wildman–Crippen LogP) is 1.80. The van der Waals surface area contributed by atoms with Crippen LogP contribution >= 0.6 is 0 Å². The Morgan fingerprint density at radius 2 is 2.26 bits per heavy atom. The van der Waals surface area contributed by atoms with Gasteiger partial charge in [-0.3, -0.25) is 9.48 Å². The van der Waals surface area contributed by atoms with Gasteiger partial charge in [0.25, 0.3) is 0 Å². The van der Waals surface area contributed by atoms with Gasteiger partial charge in [-0.2, -0.15) is 0 Å². The fourth-order valence-electron chi connectivity index (χ4n) is 1.89. The normalized spacial score (nSPS) is 10.4. The molecule has 5 nitrogen and oxygen atoms in total. The van der Waals surface area contributed by atoms with E-state index in [1.54, 1.807) is 24.2 Å². The van der Waals surface area contributed by atoms with Gasteiger partial charge < -0.3 is 4.74 Å². The van der Waals surface area contributed by atoms with E-state index in [4.69, 9.17) is 4.74 Å². The Morgan fingerprint density at radius 3 is 2.89 bits per heavy atom. The van der Waals surface area contributed by atoms with Gasteiger partial charge in [0.2, 0.25) is 0 Å². The maximum absolute atomic E-state index is 11.9. The van der Waals surface area contributed by atoms with Gasteiger partial charge in [-0.15, -0.1) is 5.10 Å². The largest absolute Gasteiger partial charge is 0.497 e. The fraction of sp³-hybridized carbons (Fsp3) is 0.357. The monoisotopic (exact) mass is 259 g/mol. The molecule has 0 aliphatic heterocycles. The molecule has 0 spiro atoms. The minimum atomic E-state index is 0.198. The third-order valence-electron chi connectivity index (χ3n) is 3.03. The van der Waals surface area contributed by atoms with Crippen molar-refractivity contribution < 1.29 is 9.53 Å². The number of nitrogens with zero attached hydrogens (tertiary/aromatic N) is 3. The first kappa shape index (κ1) is 13.3. The predicted molar refractivity (Wildman–Crippen MR) is 71.1 cm³/mol. The molecule has 19 heavy (non-hydrogen) atoms. The molecule has 0 atom stereocenters. The second kappa shape index (κ2) is 6.13. The Balaban J connectivity index is 1.91. The molecule has 2 rings (SSSR count). The zero-order valence-corrected chi connectivity index (χ0v) is 11.2. The zero-order valence-electron chi connectivity index (χ0n) is 11.2. The summed E-state index contributed by atoms with van der Waals surface area (Å²) in [7, 11) is 1.64. The van der Waals surface area contributed by atoms with Crippen LogP contribution in [0.2, 0.25) is 0 Å². The van der Waals surface area contributed by atoms with Gasteiger partial charge in [-0.1, -0.05) is 11.3 Å². The van der Waals surface area contributed by atoms with Gasteiger partial charge in [0.1, 0.15) is 11.5 Å². The average Bonchev–Trinajstić information content (AvgIpc) is 2.92. The van der Waals surface area contributed by atoms with Crippen molar-refractivity contribution >= 4 is 5.78 Å². The number of ether oxygens (including phenoxy) is 1. The minimum absolute atomic E-state index is 0.198. The number of aryl methyl sites for hydroxylation is 2. The molecule has 1 heterocycles. The maximum atomic E-state index is 11.9. The lowest BCUT2D eigenvalue weighted by Crippen LogP contribution is -2.09. The summed E-state index contributed by atoms with van der Waals surface area (Å²) in [6.07, 6.45) is 4.28. The van der Waals surface area contributed by atoms with Crippen LogP contribution in [0.1, 0.15) is 17.5 Å². The number of hydrogen-bond donors (Lipinski definition) is 0. The highest BCUT2D eigenvalue weighted by molar-refractivity contribution is 5.81. The molecule has 0 aliphatic carbocycles. The van der Waals surface area contributed by atoms with Gasteiger partial charge in [0, 0.05) is 25.6 Å². The third-order valence-corrected chi connectivity index (χ3v) is 3.03. The van der Waals surface area contributed by atoms with Crippen LogP contribution in [0.4, 0.5) is 0 Å². The molecule has 0 amide bonds. The molecule has 5 heteroatoms. The molecule has 2 aromatic rings. The molecule has 100 valence electrons. The number of ketones is 1. The van der Waals surface area contributed by atoms with Crippen LogP contribution in [-0.4, -0.2) is 27.9 Å². The summed E-state index contributed by atoms with van der Waals surface area (Å²) in [6, 6.07) is 5.77. The van der Waals surface area contributed by atoms with Crippen molar-refractivity contribution in [1.82, 2.24) is 15.0 Å². The highest BCUT2D eigenvalue weighted by Crippen LogP contribution is 2.17. The first-order chi connectivity index (χ1) is 9.19. The topological polar surface area (TPSA) is 57.0 Å². The van der Waals surface area contributed by atoms with Crippen LogP contribution < -0.4 is 4.74 Å². The zero-order chi connectivity index (χ0) is 13.7. The Morgan fingerprint density at radius 1 is 1.42 bits per heavy atom. The first-order valence-corrected chi connectivity index (χ1v) is 6.18. The molecule has 0 saturated carbocycles. The van der Waals surface area contributed by atoms with Gasteiger partial charge in [-0.25, -0.2) is 0 Å². The molecular weight excluding hydrogens is 242 g/mol. The van der Waals surface area contributed by atoms with Crippen molar-refractivity contribution in [3.05, 3.63) is 41.7 Å². The van der Waals surface area contributed by atoms with Gasteiger partial charge in [0.05, 0.1) is 13.3 Å². The van der Waals surface area contributed by atoms with E-state index in [1.807, 2.05) is 25.1 Å². The van der Waals surface area contributed by atoms with E-state index in [2.05, 4.69) is 10.3 Å². The van der Waals surface area contributed by atoms with E-state index in [-0.39, 0.29) is 5.78 Å². The molecule has 1 aromatic carbocycles. The molecule has 0 bridgehead atoms. The summed E-state index contributed by atoms with van der Waals surface area (Å²) in [4.78, 5) is 11.9. The number of carbonyl (C=O) groups excluding carboxylic acids is 1. The fourth-order valence-corrected chi connectivity index (χ4v) is 1.89. The van der Waals surface area contributed by atoms with E-state index in [0.29, 0.717) is 19.4 Å². The standard InChI is InChI=1S/C14H17N3O2/c1-11-9-14(19-2)4-3-12(11)10-13(18)5-7-17-8-6-15-16-17/h3-4,6,8-9H,5,7,10H2,1-2H3. The lowest BCUT2D eigenvalue weighted by atomic mass is 10.0. The molecule has 0 N–H and O–H groups in total. The number of rotatable bonds is 6. The SMILES string of the molecule is COc1ccc(CC(=O)CCn2ccnn2)c(C)c1. The summed E-state index contributed by atoms with van der Waals surface area (Å²) in [5.41, 5.74) is 2.12. The number of hydrogen-bond acceptors (Lipinski definition) is 4. The van der Waals surface area contributed by atoms with Gasteiger partial charge >= 0.3 is 0 Å². The first-order valence-electron chi connectivity index (χ1n) is 6.18. The van der Waals surface area contributed by atoms with E-state index in [9.17, 15) is 4.79 Å². The molecule has 0 unspecified atom stereocenters. The van der Waals surface area contributed by atoms with Crippen LogP contribution in [0.5, 0.6) is 5.75 Å². The maximum Gasteiger partial charge on any atom is 0.139 e. The third kappa shape index (κ3) is 3.64. The average molecular weight is 259 g/mol. The van der Waals surface area contributed by atoms with E-state index >= 15 is 0 Å². The van der Waals surface area contributed by atoms with Crippen LogP contribution in [0.15, 0.2) is 30.6 Å². The van der Waals surface area contributed by atoms with Crippen molar-refractivity contribution in [3.63, 3.8) is 0 Å². The lowest BCUT2D eigenvalue weighted by Gasteiger charge is -2.07. The molecular formula is C14H17N3O2. The summed E-state index contributed by atoms with van der Waals surface area (Å²) in [6.45, 7) is 2.57. The van der Waals surface area contributed by atoms with E-state index in [1.165, 1.54) is 0 Å². The number of carbonyl (C=O) groups is 1. The minimum Gasteiger partial charge on any atom is -0.497 e. The Bertz CT molecular complexity index is 550. The van der Waals surface area contributed by atoms with Crippen molar-refractivity contribution in [2.75, 3.05) is 7.11 Å². The highest BCUT2D eigenvalue weighted by Gasteiger charge is 2.07. The molecule has 0 radical (unpaired) electrons. The Kier molecular flexibility index (Phi) is 4.28. The molecule has 0 aliphatic rings. The number of benzene rings is 1. The van der Waals surface area contributed by atoms with Crippen molar-refractivity contribution in [3.8, 4) is 5.75 Å². The second-order valence-corrected chi connectivity index (χ2v) is 4.42. The summed E-state index contributed by atoms with van der Waals surface area (Å²) in [5.74, 6) is 1.01. The number of Topliss-reactive ketones (excluding diaryl/α,β-unsaturated/α-hetero) is 1. The smallest absolute Gasteiger partial charge is 0.139 e. The van der Waals surface area contributed by atoms with Crippen LogP contribution in [-0.2, 0) is 17.8 Å².